The van der Waals surface area contributed by atoms with E-state index in [0.717, 1.165) is 62.1 Å². The van der Waals surface area contributed by atoms with Crippen LogP contribution in [0.4, 0.5) is 0 Å². The predicted octanol–water partition coefficient (Wildman–Crippen LogP) is 6.63. The second-order valence-corrected chi connectivity index (χ2v) is 11.0. The molecule has 0 radical (unpaired) electrons. The normalized spacial score (nSPS) is 17.4. The Labute approximate surface area is 231 Å². The zero-order valence-corrected chi connectivity index (χ0v) is 24.7. The quantitative estimate of drug-likeness (QED) is 0.227. The summed E-state index contributed by atoms with van der Waals surface area (Å²) in [5.41, 5.74) is 5.54. The molecule has 3 rings (SSSR count). The van der Waals surface area contributed by atoms with Gasteiger partial charge in [0.05, 0.1) is 0 Å². The number of hydrogen-bond donors (Lipinski definition) is 2. The number of aliphatic imine (C=N–C) groups is 1. The fourth-order valence-corrected chi connectivity index (χ4v) is 5.32. The average Bonchev–Trinajstić information content (AvgIpc) is 3.44. The first-order valence-corrected chi connectivity index (χ1v) is 14.5. The molecule has 6 heteroatoms. The number of rotatable bonds is 13. The van der Waals surface area contributed by atoms with Crippen LogP contribution in [0.2, 0.25) is 0 Å². The van der Waals surface area contributed by atoms with Gasteiger partial charge in [-0.2, -0.15) is 0 Å². The summed E-state index contributed by atoms with van der Waals surface area (Å²) in [5.74, 6) is 2.95. The molecule has 208 valence electrons. The zero-order chi connectivity index (χ0) is 27.7. The topological polar surface area (TPSA) is 58.0 Å². The van der Waals surface area contributed by atoms with Gasteiger partial charge in [-0.3, -0.25) is 0 Å². The van der Waals surface area contributed by atoms with Crippen molar-refractivity contribution in [1.82, 2.24) is 20.0 Å². The van der Waals surface area contributed by atoms with Gasteiger partial charge < -0.3 is 25.4 Å². The Balaban J connectivity index is 1.52. The molecule has 0 amide bonds. The highest BCUT2D eigenvalue weighted by Gasteiger charge is 2.25. The highest BCUT2D eigenvalue weighted by Crippen LogP contribution is 2.25. The number of benzene rings is 1. The Morgan fingerprint density at radius 2 is 1.84 bits per heavy atom. The van der Waals surface area contributed by atoms with Crippen molar-refractivity contribution in [2.24, 2.45) is 4.99 Å². The summed E-state index contributed by atoms with van der Waals surface area (Å²) < 4.78 is 0. The molecule has 0 spiro atoms. The van der Waals surface area contributed by atoms with Crippen LogP contribution >= 0.6 is 0 Å². The minimum atomic E-state index is 0.489. The van der Waals surface area contributed by atoms with Crippen molar-refractivity contribution >= 4 is 17.2 Å². The molecule has 1 aromatic carbocycles. The van der Waals surface area contributed by atoms with E-state index in [1.54, 1.807) is 6.92 Å². The van der Waals surface area contributed by atoms with Gasteiger partial charge >= 0.3 is 0 Å². The van der Waals surface area contributed by atoms with Crippen LogP contribution in [-0.4, -0.2) is 66.0 Å². The van der Waals surface area contributed by atoms with Crippen molar-refractivity contribution in [1.29, 1.82) is 5.41 Å². The Bertz CT molecular complexity index is 1060. The van der Waals surface area contributed by atoms with Crippen molar-refractivity contribution in [2.75, 3.05) is 33.7 Å². The highest BCUT2D eigenvalue weighted by molar-refractivity contribution is 6.00. The second-order valence-electron chi connectivity index (χ2n) is 11.0. The van der Waals surface area contributed by atoms with Gasteiger partial charge in [-0.15, -0.1) is 0 Å². The van der Waals surface area contributed by atoms with E-state index in [9.17, 15) is 0 Å². The van der Waals surface area contributed by atoms with Crippen LogP contribution in [-0.2, 0) is 6.42 Å². The van der Waals surface area contributed by atoms with Crippen LogP contribution in [0.1, 0.15) is 83.8 Å². The van der Waals surface area contributed by atoms with Crippen LogP contribution in [0.3, 0.4) is 0 Å². The molecule has 2 N–H and O–H groups in total. The number of hydrogen-bond acceptors (Lipinski definition) is 6. The fraction of sp³-hybridized carbons (Fsp3) is 0.562. The van der Waals surface area contributed by atoms with Gasteiger partial charge in [0.2, 0.25) is 0 Å². The van der Waals surface area contributed by atoms with E-state index in [2.05, 4.69) is 85.7 Å². The van der Waals surface area contributed by atoms with E-state index in [-0.39, 0.29) is 0 Å². The Morgan fingerprint density at radius 3 is 2.53 bits per heavy atom. The fourth-order valence-electron chi connectivity index (χ4n) is 5.32. The van der Waals surface area contributed by atoms with Gasteiger partial charge in [-0.25, -0.2) is 4.99 Å². The average molecular weight is 519 g/mol. The van der Waals surface area contributed by atoms with E-state index in [1.807, 2.05) is 6.08 Å². The Hall–Kier alpha value is -3.02. The van der Waals surface area contributed by atoms with Gasteiger partial charge in [0.1, 0.15) is 17.5 Å². The second kappa shape index (κ2) is 14.2. The maximum Gasteiger partial charge on any atom is 0.137 e. The third-order valence-corrected chi connectivity index (χ3v) is 8.00. The Kier molecular flexibility index (Phi) is 11.1. The molecule has 2 heterocycles. The lowest BCUT2D eigenvalue weighted by atomic mass is 9.98. The van der Waals surface area contributed by atoms with Gasteiger partial charge in [0.15, 0.2) is 0 Å². The predicted molar refractivity (Wildman–Crippen MR) is 163 cm³/mol. The molecule has 0 saturated carbocycles. The lowest BCUT2D eigenvalue weighted by molar-refractivity contribution is 0.362. The van der Waals surface area contributed by atoms with Crippen molar-refractivity contribution < 1.29 is 0 Å². The van der Waals surface area contributed by atoms with E-state index < -0.39 is 0 Å². The van der Waals surface area contributed by atoms with Gasteiger partial charge in [-0.1, -0.05) is 50.6 Å². The summed E-state index contributed by atoms with van der Waals surface area (Å²) >= 11 is 0. The van der Waals surface area contributed by atoms with Gasteiger partial charge in [-0.05, 0) is 64.9 Å². The number of likely N-dealkylation sites (tertiary alicyclic amines) is 1. The molecule has 0 aromatic heterocycles. The number of aryl methyl sites for hydroxylation is 1. The van der Waals surface area contributed by atoms with E-state index in [0.29, 0.717) is 11.8 Å². The van der Waals surface area contributed by atoms with Crippen molar-refractivity contribution in [2.45, 2.75) is 85.1 Å². The minimum Gasteiger partial charge on any atom is -0.372 e. The summed E-state index contributed by atoms with van der Waals surface area (Å²) in [6.07, 6.45) is 11.3. The monoisotopic (exact) mass is 518 g/mol. The van der Waals surface area contributed by atoms with Gasteiger partial charge in [0, 0.05) is 68.4 Å². The SMILES string of the molecule is C=C(c1ccccc1CCCCCCN(C)C1=C(C)C(N2CCCC2)=N/C(=C/C(C)=N)N1)N(C)[C@H](C)CC. The van der Waals surface area contributed by atoms with Crippen molar-refractivity contribution in [3.8, 4) is 0 Å². The first kappa shape index (κ1) is 29.5. The van der Waals surface area contributed by atoms with Crippen molar-refractivity contribution in [3.63, 3.8) is 0 Å². The molecular formula is C32H50N6. The lowest BCUT2D eigenvalue weighted by Gasteiger charge is -2.32. The summed E-state index contributed by atoms with van der Waals surface area (Å²) in [7, 11) is 4.33. The highest BCUT2D eigenvalue weighted by atomic mass is 15.3. The number of unbranched alkanes of at least 4 members (excludes halogenated alkanes) is 3. The zero-order valence-electron chi connectivity index (χ0n) is 24.7. The molecule has 38 heavy (non-hydrogen) atoms. The molecule has 0 aliphatic carbocycles. The molecule has 6 nitrogen and oxygen atoms in total. The van der Waals surface area contributed by atoms with E-state index >= 15 is 0 Å². The molecule has 2 aliphatic heterocycles. The standard InChI is InChI=1S/C32H50N6/c1-8-25(3)37(7)27(5)29-19-13-12-18-28(29)17-11-9-10-14-20-36(6)31-26(4)32(38-21-15-16-22-38)35-30(34-31)23-24(2)33/h12-13,18-19,23,25,33-34H,5,8-11,14-17,20-22H2,1-4,6-7H3/b30-23+,33-24?/t25-/m1/s1. The first-order valence-electron chi connectivity index (χ1n) is 14.5. The first-order chi connectivity index (χ1) is 18.2. The third-order valence-electron chi connectivity index (χ3n) is 8.00. The van der Waals surface area contributed by atoms with Crippen LogP contribution in [0.25, 0.3) is 5.70 Å². The summed E-state index contributed by atoms with van der Waals surface area (Å²) in [6, 6.07) is 9.26. The molecular weight excluding hydrogens is 468 g/mol. The molecule has 1 fully saturated rings. The summed E-state index contributed by atoms with van der Waals surface area (Å²) in [4.78, 5) is 11.9. The minimum absolute atomic E-state index is 0.489. The summed E-state index contributed by atoms with van der Waals surface area (Å²) in [5, 5.41) is 11.4. The maximum absolute atomic E-state index is 7.92. The molecule has 0 bridgehead atoms. The Morgan fingerprint density at radius 1 is 1.16 bits per heavy atom. The smallest absolute Gasteiger partial charge is 0.137 e. The maximum atomic E-state index is 7.92. The van der Waals surface area contributed by atoms with Gasteiger partial charge in [0.25, 0.3) is 0 Å². The number of nitrogens with zero attached hydrogens (tertiary/aromatic N) is 4. The summed E-state index contributed by atoms with van der Waals surface area (Å²) in [6.45, 7) is 16.0. The number of amidine groups is 1. The van der Waals surface area contributed by atoms with Crippen LogP contribution in [0.5, 0.6) is 0 Å². The van der Waals surface area contributed by atoms with Crippen LogP contribution < -0.4 is 5.32 Å². The molecule has 1 aromatic rings. The van der Waals surface area contributed by atoms with E-state index in [1.165, 1.54) is 48.8 Å². The number of nitrogens with one attached hydrogen (secondary N) is 2. The van der Waals surface area contributed by atoms with Crippen LogP contribution in [0, 0.1) is 5.41 Å². The van der Waals surface area contributed by atoms with Crippen LogP contribution in [0.15, 0.2) is 59.1 Å². The largest absolute Gasteiger partial charge is 0.372 e. The molecule has 0 unspecified atom stereocenters. The molecule has 1 atom stereocenters. The number of allylic oxidation sites excluding steroid dienone is 1. The molecule has 2 aliphatic rings. The van der Waals surface area contributed by atoms with E-state index in [4.69, 9.17) is 10.4 Å². The lowest BCUT2D eigenvalue weighted by Crippen LogP contribution is -2.39. The van der Waals surface area contributed by atoms with Crippen molar-refractivity contribution in [3.05, 3.63) is 65.3 Å². The third kappa shape index (κ3) is 7.75. The molecule has 1 saturated heterocycles.